The number of fused-ring (bicyclic) bond motifs is 1. The maximum atomic E-state index is 13.2. The number of nitrogens with one attached hydrogen (secondary N) is 1. The maximum Gasteiger partial charge on any atom is 0.245 e. The summed E-state index contributed by atoms with van der Waals surface area (Å²) in [4.78, 5) is 21.2. The summed E-state index contributed by atoms with van der Waals surface area (Å²) >= 11 is 0. The van der Waals surface area contributed by atoms with E-state index in [4.69, 9.17) is 0 Å². The summed E-state index contributed by atoms with van der Waals surface area (Å²) in [5, 5.41) is 3.62. The van der Waals surface area contributed by atoms with Crippen LogP contribution in [-0.2, 0) is 14.8 Å². The molecule has 1 aliphatic rings. The molecule has 1 aliphatic heterocycles. The minimum atomic E-state index is -3.68. The molecule has 1 fully saturated rings. The summed E-state index contributed by atoms with van der Waals surface area (Å²) in [6.45, 7) is 2.53. The van der Waals surface area contributed by atoms with Crippen LogP contribution in [0.5, 0.6) is 0 Å². The molecule has 1 amide bonds. The van der Waals surface area contributed by atoms with Crippen LogP contribution in [-0.4, -0.2) is 41.7 Å². The minimum Gasteiger partial charge on any atom is -0.310 e. The Kier molecular flexibility index (Phi) is 5.29. The van der Waals surface area contributed by atoms with Gasteiger partial charge in [0, 0.05) is 36.8 Å². The van der Waals surface area contributed by atoms with Crippen molar-refractivity contribution in [2.45, 2.75) is 24.7 Å². The first kappa shape index (κ1) is 19.5. The number of pyridine rings is 2. The third-order valence-corrected chi connectivity index (χ3v) is 7.14. The summed E-state index contributed by atoms with van der Waals surface area (Å²) in [6, 6.07) is 12.5. The van der Waals surface area contributed by atoms with Crippen LogP contribution in [0.2, 0.25) is 0 Å². The first-order chi connectivity index (χ1) is 13.9. The molecule has 1 aromatic carbocycles. The first-order valence-electron chi connectivity index (χ1n) is 9.52. The third kappa shape index (κ3) is 3.99. The molecule has 8 heteroatoms. The highest BCUT2D eigenvalue weighted by Crippen LogP contribution is 2.28. The van der Waals surface area contributed by atoms with Gasteiger partial charge in [-0.05, 0) is 49.6 Å². The summed E-state index contributed by atoms with van der Waals surface area (Å²) in [5.74, 6) is 0.160. The molecule has 4 rings (SSSR count). The van der Waals surface area contributed by atoms with Crippen molar-refractivity contribution in [3.8, 4) is 0 Å². The Morgan fingerprint density at radius 2 is 1.83 bits per heavy atom. The highest BCUT2D eigenvalue weighted by atomic mass is 32.2. The predicted octanol–water partition coefficient (Wildman–Crippen LogP) is 2.98. The molecular formula is C21H22N4O3S. The lowest BCUT2D eigenvalue weighted by atomic mass is 9.97. The van der Waals surface area contributed by atoms with Crippen molar-refractivity contribution in [2.24, 2.45) is 5.92 Å². The highest BCUT2D eigenvalue weighted by Gasteiger charge is 2.33. The molecular weight excluding hydrogens is 388 g/mol. The van der Waals surface area contributed by atoms with Gasteiger partial charge in [0.05, 0.1) is 5.52 Å². The fraction of sp³-hybridized carbons (Fsp3) is 0.286. The zero-order valence-electron chi connectivity index (χ0n) is 16.1. The summed E-state index contributed by atoms with van der Waals surface area (Å²) in [6.07, 6.45) is 4.18. The van der Waals surface area contributed by atoms with E-state index in [2.05, 4.69) is 15.3 Å². The van der Waals surface area contributed by atoms with Gasteiger partial charge in [-0.3, -0.25) is 9.78 Å². The molecule has 0 radical (unpaired) electrons. The monoisotopic (exact) mass is 410 g/mol. The molecule has 0 atom stereocenters. The normalized spacial score (nSPS) is 16.0. The number of aromatic nitrogens is 2. The fourth-order valence-electron chi connectivity index (χ4n) is 3.61. The number of hydrogen-bond donors (Lipinski definition) is 1. The van der Waals surface area contributed by atoms with Crippen molar-refractivity contribution in [1.82, 2.24) is 14.3 Å². The quantitative estimate of drug-likeness (QED) is 0.714. The van der Waals surface area contributed by atoms with Gasteiger partial charge in [0.25, 0.3) is 0 Å². The summed E-state index contributed by atoms with van der Waals surface area (Å²) in [5.41, 5.74) is 1.49. The van der Waals surface area contributed by atoms with Crippen LogP contribution in [0.3, 0.4) is 0 Å². The largest absolute Gasteiger partial charge is 0.310 e. The van der Waals surface area contributed by atoms with Gasteiger partial charge in [-0.1, -0.05) is 18.2 Å². The van der Waals surface area contributed by atoms with E-state index in [0.29, 0.717) is 37.3 Å². The fourth-order valence-corrected chi connectivity index (χ4v) is 5.25. The van der Waals surface area contributed by atoms with Gasteiger partial charge in [-0.25, -0.2) is 13.4 Å². The molecule has 3 aromatic rings. The number of carbonyl (C=O) groups is 1. The second-order valence-electron chi connectivity index (χ2n) is 7.22. The van der Waals surface area contributed by atoms with E-state index in [9.17, 15) is 13.2 Å². The Morgan fingerprint density at radius 1 is 1.07 bits per heavy atom. The number of nitrogens with zero attached hydrogens (tertiary/aromatic N) is 3. The maximum absolute atomic E-state index is 13.2. The summed E-state index contributed by atoms with van der Waals surface area (Å²) < 4.78 is 27.8. The molecule has 29 heavy (non-hydrogen) atoms. The average Bonchev–Trinajstić information content (AvgIpc) is 2.73. The Morgan fingerprint density at radius 3 is 2.59 bits per heavy atom. The lowest BCUT2D eigenvalue weighted by Crippen LogP contribution is -2.41. The van der Waals surface area contributed by atoms with E-state index < -0.39 is 10.0 Å². The number of para-hydroxylation sites is 1. The van der Waals surface area contributed by atoms with Crippen LogP contribution in [0.4, 0.5) is 5.82 Å². The number of hydrogen-bond acceptors (Lipinski definition) is 5. The number of aryl methyl sites for hydroxylation is 1. The van der Waals surface area contributed by atoms with E-state index in [1.54, 1.807) is 30.6 Å². The molecule has 0 spiro atoms. The van der Waals surface area contributed by atoms with E-state index in [1.165, 1.54) is 4.31 Å². The van der Waals surface area contributed by atoms with Gasteiger partial charge >= 0.3 is 0 Å². The Labute approximate surface area is 169 Å². The molecule has 3 heterocycles. The Balaban J connectivity index is 1.46. The second-order valence-corrected chi connectivity index (χ2v) is 9.12. The highest BCUT2D eigenvalue weighted by molar-refractivity contribution is 7.89. The molecule has 0 bridgehead atoms. The molecule has 7 nitrogen and oxygen atoms in total. The van der Waals surface area contributed by atoms with Gasteiger partial charge in [-0.15, -0.1) is 0 Å². The van der Waals surface area contributed by atoms with Crippen molar-refractivity contribution in [2.75, 3.05) is 18.4 Å². The van der Waals surface area contributed by atoms with Crippen LogP contribution in [0.25, 0.3) is 10.9 Å². The minimum absolute atomic E-state index is 0.119. The third-order valence-electron chi connectivity index (χ3n) is 5.20. The van der Waals surface area contributed by atoms with Crippen molar-refractivity contribution >= 4 is 32.7 Å². The number of carbonyl (C=O) groups excluding carboxylic acids is 1. The van der Waals surface area contributed by atoms with Crippen LogP contribution in [0, 0.1) is 12.8 Å². The molecule has 0 saturated carbocycles. The lowest BCUT2D eigenvalue weighted by Gasteiger charge is -2.30. The van der Waals surface area contributed by atoms with E-state index in [0.717, 1.165) is 10.9 Å². The van der Waals surface area contributed by atoms with Crippen LogP contribution in [0.15, 0.2) is 59.8 Å². The van der Waals surface area contributed by atoms with Gasteiger partial charge in [-0.2, -0.15) is 4.31 Å². The molecule has 150 valence electrons. The van der Waals surface area contributed by atoms with E-state index in [-0.39, 0.29) is 16.7 Å². The van der Waals surface area contributed by atoms with Crippen molar-refractivity contribution in [3.05, 3.63) is 60.4 Å². The van der Waals surface area contributed by atoms with Gasteiger partial charge in [0.15, 0.2) is 0 Å². The second kappa shape index (κ2) is 7.88. The number of rotatable bonds is 4. The molecule has 0 unspecified atom stereocenters. The van der Waals surface area contributed by atoms with E-state index >= 15 is 0 Å². The molecule has 0 aliphatic carbocycles. The Hall–Kier alpha value is -2.84. The lowest BCUT2D eigenvalue weighted by molar-refractivity contribution is -0.120. The smallest absolute Gasteiger partial charge is 0.245 e. The zero-order chi connectivity index (χ0) is 20.4. The van der Waals surface area contributed by atoms with E-state index in [1.807, 2.05) is 31.2 Å². The van der Waals surface area contributed by atoms with Gasteiger partial charge in [0.1, 0.15) is 10.7 Å². The predicted molar refractivity (Wildman–Crippen MR) is 111 cm³/mol. The molecule has 1 saturated heterocycles. The number of anilines is 1. The van der Waals surface area contributed by atoms with Crippen LogP contribution >= 0.6 is 0 Å². The van der Waals surface area contributed by atoms with Crippen LogP contribution < -0.4 is 5.32 Å². The molecule has 2 aromatic heterocycles. The number of benzene rings is 1. The van der Waals surface area contributed by atoms with Gasteiger partial charge < -0.3 is 5.32 Å². The summed E-state index contributed by atoms with van der Waals surface area (Å²) in [7, 11) is -3.68. The number of piperidine rings is 1. The van der Waals surface area contributed by atoms with Crippen LogP contribution in [0.1, 0.15) is 18.4 Å². The topological polar surface area (TPSA) is 92.3 Å². The van der Waals surface area contributed by atoms with Crippen molar-refractivity contribution in [3.63, 3.8) is 0 Å². The number of amides is 1. The SMILES string of the molecule is Cc1ccnc(NC(=O)C2CCN(S(=O)(=O)c3cccc4cccnc34)CC2)c1. The van der Waals surface area contributed by atoms with Crippen molar-refractivity contribution < 1.29 is 13.2 Å². The zero-order valence-corrected chi connectivity index (χ0v) is 16.9. The average molecular weight is 410 g/mol. The Bertz CT molecular complexity index is 1150. The van der Waals surface area contributed by atoms with Gasteiger partial charge in [0.2, 0.25) is 15.9 Å². The van der Waals surface area contributed by atoms with Crippen molar-refractivity contribution in [1.29, 1.82) is 0 Å². The number of sulfonamides is 1. The molecule has 1 N–H and O–H groups in total. The standard InChI is InChI=1S/C21H22N4O3S/c1-15-7-11-22-19(14-15)24-21(26)17-8-12-25(13-9-17)29(27,28)18-6-2-4-16-5-3-10-23-20(16)18/h2-7,10-11,14,17H,8-9,12-13H2,1H3,(H,22,24,26). The first-order valence-corrected chi connectivity index (χ1v) is 11.0.